The molecule has 0 aliphatic rings. The fourth-order valence-corrected chi connectivity index (χ4v) is 1.23. The minimum absolute atomic E-state index is 0.260. The molecule has 0 saturated heterocycles. The van der Waals surface area contributed by atoms with Gasteiger partial charge in [-0.05, 0) is 40.5 Å². The van der Waals surface area contributed by atoms with Gasteiger partial charge in [0.25, 0.3) is 0 Å². The van der Waals surface area contributed by atoms with Crippen LogP contribution in [-0.4, -0.2) is 24.3 Å². The molecule has 0 aromatic rings. The van der Waals surface area contributed by atoms with Crippen LogP contribution >= 0.6 is 0 Å². The van der Waals surface area contributed by atoms with Crippen molar-refractivity contribution in [3.8, 4) is 0 Å². The smallest absolute Gasteiger partial charge is 0.0636 e. The van der Waals surface area contributed by atoms with E-state index in [4.69, 9.17) is 5.11 Å². The van der Waals surface area contributed by atoms with Crippen molar-refractivity contribution in [3.05, 3.63) is 23.3 Å². The molecule has 1 atom stereocenters. The molecule has 0 aliphatic carbocycles. The first-order valence-electron chi connectivity index (χ1n) is 5.70. The van der Waals surface area contributed by atoms with Gasteiger partial charge in [-0.2, -0.15) is 0 Å². The summed E-state index contributed by atoms with van der Waals surface area (Å²) in [5.74, 6) is 0. The Morgan fingerprint density at radius 3 is 2.47 bits per heavy atom. The lowest BCUT2D eigenvalue weighted by molar-refractivity contribution is 0.193. The zero-order chi connectivity index (χ0) is 11.7. The van der Waals surface area contributed by atoms with E-state index < -0.39 is 0 Å². The summed E-state index contributed by atoms with van der Waals surface area (Å²) in [6.45, 7) is 9.72. The maximum Gasteiger partial charge on any atom is 0.0636 e. The molecule has 2 heteroatoms. The lowest BCUT2D eigenvalue weighted by Gasteiger charge is -2.04. The summed E-state index contributed by atoms with van der Waals surface area (Å²) in [7, 11) is 0. The molecule has 2 N–H and O–H groups in total. The Bertz CT molecular complexity index is 213. The molecular formula is C13H25NO. The maximum absolute atomic E-state index is 9.03. The third-order valence-electron chi connectivity index (χ3n) is 2.13. The van der Waals surface area contributed by atoms with Crippen LogP contribution in [0.4, 0.5) is 0 Å². The largest absolute Gasteiger partial charge is 0.392 e. The topological polar surface area (TPSA) is 32.3 Å². The van der Waals surface area contributed by atoms with Gasteiger partial charge in [-0.25, -0.2) is 0 Å². The van der Waals surface area contributed by atoms with Crippen LogP contribution in [0.2, 0.25) is 0 Å². The number of rotatable bonds is 7. The van der Waals surface area contributed by atoms with Gasteiger partial charge in [0.05, 0.1) is 6.10 Å². The minimum atomic E-state index is -0.260. The van der Waals surface area contributed by atoms with E-state index in [1.807, 2.05) is 0 Å². The molecule has 0 radical (unpaired) electrons. The van der Waals surface area contributed by atoms with E-state index in [1.54, 1.807) is 6.92 Å². The lowest BCUT2D eigenvalue weighted by atomic mass is 10.1. The monoisotopic (exact) mass is 211 g/mol. The molecule has 1 unspecified atom stereocenters. The second-order valence-corrected chi connectivity index (χ2v) is 4.38. The molecule has 0 rings (SSSR count). The van der Waals surface area contributed by atoms with Crippen molar-refractivity contribution in [2.75, 3.05) is 13.1 Å². The Hall–Kier alpha value is -0.600. The molecular weight excluding hydrogens is 186 g/mol. The molecule has 0 amide bonds. The average Bonchev–Trinajstić information content (AvgIpc) is 2.11. The van der Waals surface area contributed by atoms with Gasteiger partial charge in [0, 0.05) is 13.1 Å². The second kappa shape index (κ2) is 8.69. The molecule has 2 nitrogen and oxygen atoms in total. The summed E-state index contributed by atoms with van der Waals surface area (Å²) in [6.07, 6.45) is 6.45. The lowest BCUT2D eigenvalue weighted by Crippen LogP contribution is -2.24. The SMILES string of the molecule is CC(C)=CCC/C(C)=C/CNCC(C)O. The zero-order valence-corrected chi connectivity index (χ0v) is 10.5. The zero-order valence-electron chi connectivity index (χ0n) is 10.5. The molecule has 0 fully saturated rings. The van der Waals surface area contributed by atoms with Crippen LogP contribution in [0.25, 0.3) is 0 Å². The minimum Gasteiger partial charge on any atom is -0.392 e. The van der Waals surface area contributed by atoms with Gasteiger partial charge >= 0.3 is 0 Å². The Balaban J connectivity index is 3.57. The quantitative estimate of drug-likeness (QED) is 0.501. The summed E-state index contributed by atoms with van der Waals surface area (Å²) < 4.78 is 0. The van der Waals surface area contributed by atoms with Gasteiger partial charge in [0.15, 0.2) is 0 Å². The highest BCUT2D eigenvalue weighted by atomic mass is 16.3. The Morgan fingerprint density at radius 2 is 1.93 bits per heavy atom. The maximum atomic E-state index is 9.03. The van der Waals surface area contributed by atoms with Crippen LogP contribution in [0.1, 0.15) is 40.5 Å². The Labute approximate surface area is 94.1 Å². The highest BCUT2D eigenvalue weighted by Gasteiger charge is 1.92. The van der Waals surface area contributed by atoms with E-state index >= 15 is 0 Å². The normalized spacial score (nSPS) is 13.8. The molecule has 0 aromatic carbocycles. The van der Waals surface area contributed by atoms with E-state index in [9.17, 15) is 0 Å². The first-order chi connectivity index (χ1) is 7.02. The average molecular weight is 211 g/mol. The van der Waals surface area contributed by atoms with Crippen molar-refractivity contribution in [2.24, 2.45) is 0 Å². The van der Waals surface area contributed by atoms with Gasteiger partial charge in [-0.3, -0.25) is 0 Å². The summed E-state index contributed by atoms with van der Waals surface area (Å²) in [5, 5.41) is 12.2. The molecule has 0 heterocycles. The highest BCUT2D eigenvalue weighted by Crippen LogP contribution is 2.05. The van der Waals surface area contributed by atoms with Crippen LogP contribution in [0.5, 0.6) is 0 Å². The summed E-state index contributed by atoms with van der Waals surface area (Å²) >= 11 is 0. The first-order valence-corrected chi connectivity index (χ1v) is 5.70. The van der Waals surface area contributed by atoms with Crippen molar-refractivity contribution < 1.29 is 5.11 Å². The standard InChI is InChI=1S/C13H25NO/c1-11(2)6-5-7-12(3)8-9-14-10-13(4)15/h6,8,13-15H,5,7,9-10H2,1-4H3/b12-8+. The predicted octanol–water partition coefficient (Wildman–Crippen LogP) is 2.65. The molecule has 0 bridgehead atoms. The molecule has 15 heavy (non-hydrogen) atoms. The van der Waals surface area contributed by atoms with Crippen LogP contribution < -0.4 is 5.32 Å². The molecule has 0 saturated carbocycles. The summed E-state index contributed by atoms with van der Waals surface area (Å²) in [4.78, 5) is 0. The van der Waals surface area contributed by atoms with Crippen molar-refractivity contribution in [2.45, 2.75) is 46.6 Å². The number of aliphatic hydroxyl groups is 1. The van der Waals surface area contributed by atoms with Crippen molar-refractivity contribution in [3.63, 3.8) is 0 Å². The molecule has 0 spiro atoms. The van der Waals surface area contributed by atoms with E-state index in [1.165, 1.54) is 11.1 Å². The second-order valence-electron chi connectivity index (χ2n) is 4.38. The molecule has 0 aliphatic heterocycles. The van der Waals surface area contributed by atoms with E-state index in [0.29, 0.717) is 6.54 Å². The van der Waals surface area contributed by atoms with Gasteiger partial charge in [-0.1, -0.05) is 23.3 Å². The molecule has 0 aromatic heterocycles. The number of hydrogen-bond donors (Lipinski definition) is 2. The Morgan fingerprint density at radius 1 is 1.27 bits per heavy atom. The van der Waals surface area contributed by atoms with E-state index in [-0.39, 0.29) is 6.10 Å². The van der Waals surface area contributed by atoms with Gasteiger partial charge in [0.1, 0.15) is 0 Å². The number of allylic oxidation sites excluding steroid dienone is 3. The van der Waals surface area contributed by atoms with Crippen LogP contribution in [0.15, 0.2) is 23.3 Å². The highest BCUT2D eigenvalue weighted by molar-refractivity contribution is 5.02. The summed E-state index contributed by atoms with van der Waals surface area (Å²) in [5.41, 5.74) is 2.79. The fourth-order valence-electron chi connectivity index (χ4n) is 1.23. The van der Waals surface area contributed by atoms with E-state index in [2.05, 4.69) is 38.2 Å². The number of aliphatic hydroxyl groups excluding tert-OH is 1. The van der Waals surface area contributed by atoms with Crippen molar-refractivity contribution in [1.82, 2.24) is 5.32 Å². The van der Waals surface area contributed by atoms with E-state index in [0.717, 1.165) is 19.4 Å². The van der Waals surface area contributed by atoms with Gasteiger partial charge in [0.2, 0.25) is 0 Å². The van der Waals surface area contributed by atoms with Crippen molar-refractivity contribution >= 4 is 0 Å². The summed E-state index contributed by atoms with van der Waals surface area (Å²) in [6, 6.07) is 0. The number of nitrogens with one attached hydrogen (secondary N) is 1. The first kappa shape index (κ1) is 14.4. The van der Waals surface area contributed by atoms with Crippen LogP contribution in [-0.2, 0) is 0 Å². The van der Waals surface area contributed by atoms with Crippen LogP contribution in [0, 0.1) is 0 Å². The third kappa shape index (κ3) is 11.3. The third-order valence-corrected chi connectivity index (χ3v) is 2.13. The van der Waals surface area contributed by atoms with Crippen LogP contribution in [0.3, 0.4) is 0 Å². The number of hydrogen-bond acceptors (Lipinski definition) is 2. The Kier molecular flexibility index (Phi) is 8.34. The van der Waals surface area contributed by atoms with Gasteiger partial charge < -0.3 is 10.4 Å². The predicted molar refractivity (Wildman–Crippen MR) is 67.0 cm³/mol. The fraction of sp³-hybridized carbons (Fsp3) is 0.692. The molecule has 88 valence electrons. The van der Waals surface area contributed by atoms with Crippen molar-refractivity contribution in [1.29, 1.82) is 0 Å². The van der Waals surface area contributed by atoms with Gasteiger partial charge in [-0.15, -0.1) is 0 Å².